The minimum atomic E-state index is -4.74. The van der Waals surface area contributed by atoms with E-state index in [0.29, 0.717) is 0 Å². The summed E-state index contributed by atoms with van der Waals surface area (Å²) in [5, 5.41) is 8.51. The Morgan fingerprint density at radius 1 is 1.28 bits per heavy atom. The van der Waals surface area contributed by atoms with Gasteiger partial charge in [-0.3, -0.25) is 4.79 Å². The van der Waals surface area contributed by atoms with Crippen molar-refractivity contribution in [3.63, 3.8) is 0 Å². The fraction of sp³-hybridized carbons (Fsp3) is 0.364. The molecule has 1 N–H and O–H groups in total. The van der Waals surface area contributed by atoms with Crippen LogP contribution in [0.4, 0.5) is 13.2 Å². The number of carbonyl (C=O) groups is 1. The summed E-state index contributed by atoms with van der Waals surface area (Å²) < 4.78 is 44.5. The van der Waals surface area contributed by atoms with Crippen molar-refractivity contribution in [1.82, 2.24) is 0 Å². The van der Waals surface area contributed by atoms with Gasteiger partial charge in [-0.2, -0.15) is 0 Å². The van der Waals surface area contributed by atoms with E-state index in [4.69, 9.17) is 9.84 Å². The zero-order valence-corrected chi connectivity index (χ0v) is 9.40. The average Bonchev–Trinajstić information content (AvgIpc) is 2.17. The van der Waals surface area contributed by atoms with Gasteiger partial charge in [0.05, 0.1) is 6.42 Å². The van der Waals surface area contributed by atoms with E-state index in [1.165, 1.54) is 12.1 Å². The maximum Gasteiger partial charge on any atom is 0.573 e. The molecule has 4 nitrogen and oxygen atoms in total. The van der Waals surface area contributed by atoms with Crippen LogP contribution in [0.25, 0.3) is 0 Å². The zero-order valence-electron chi connectivity index (χ0n) is 9.40. The summed E-state index contributed by atoms with van der Waals surface area (Å²) in [6.07, 6.45) is -5.50. The second-order valence-corrected chi connectivity index (χ2v) is 3.55. The first kappa shape index (κ1) is 14.1. The lowest BCUT2D eigenvalue weighted by Gasteiger charge is -2.13. The first-order valence-corrected chi connectivity index (χ1v) is 5.00. The highest BCUT2D eigenvalue weighted by atomic mass is 19.4. The van der Waals surface area contributed by atoms with Gasteiger partial charge in [-0.25, -0.2) is 0 Å². The van der Waals surface area contributed by atoms with Crippen LogP contribution in [0.3, 0.4) is 0 Å². The van der Waals surface area contributed by atoms with Gasteiger partial charge in [0.1, 0.15) is 17.6 Å². The molecule has 7 heteroatoms. The van der Waals surface area contributed by atoms with E-state index in [9.17, 15) is 18.0 Å². The van der Waals surface area contributed by atoms with Gasteiger partial charge < -0.3 is 14.6 Å². The molecule has 0 bridgehead atoms. The molecule has 0 spiro atoms. The number of hydrogen-bond donors (Lipinski definition) is 1. The number of aliphatic carboxylic acids is 1. The van der Waals surface area contributed by atoms with Crippen LogP contribution in [0, 0.1) is 0 Å². The normalized spacial score (nSPS) is 12.9. The summed E-state index contributed by atoms with van der Waals surface area (Å²) in [6, 6.07) is 4.74. The number of ether oxygens (including phenoxy) is 2. The number of alkyl halides is 3. The van der Waals surface area contributed by atoms with Crippen LogP contribution in [0.5, 0.6) is 11.5 Å². The fourth-order valence-electron chi connectivity index (χ4n) is 1.24. The Hall–Kier alpha value is -1.92. The van der Waals surface area contributed by atoms with Gasteiger partial charge in [0.15, 0.2) is 0 Å². The predicted molar refractivity (Wildman–Crippen MR) is 55.5 cm³/mol. The molecule has 1 atom stereocenters. The summed E-state index contributed by atoms with van der Waals surface area (Å²) in [7, 11) is 0. The van der Waals surface area contributed by atoms with E-state index < -0.39 is 18.4 Å². The number of rotatable bonds is 5. The Bertz CT molecular complexity index is 400. The summed E-state index contributed by atoms with van der Waals surface area (Å²) >= 11 is 0. The highest BCUT2D eigenvalue weighted by Crippen LogP contribution is 2.25. The van der Waals surface area contributed by atoms with Crippen molar-refractivity contribution in [3.05, 3.63) is 24.3 Å². The third kappa shape index (κ3) is 5.42. The monoisotopic (exact) mass is 264 g/mol. The molecule has 0 aromatic heterocycles. The molecule has 1 aromatic rings. The van der Waals surface area contributed by atoms with E-state index in [2.05, 4.69) is 4.74 Å². The van der Waals surface area contributed by atoms with Crippen molar-refractivity contribution in [2.75, 3.05) is 0 Å². The molecule has 0 aliphatic carbocycles. The number of benzene rings is 1. The topological polar surface area (TPSA) is 55.8 Å². The third-order valence-corrected chi connectivity index (χ3v) is 1.86. The molecule has 0 amide bonds. The summed E-state index contributed by atoms with van der Waals surface area (Å²) in [6.45, 7) is 1.55. The van der Waals surface area contributed by atoms with Crippen LogP contribution < -0.4 is 9.47 Å². The van der Waals surface area contributed by atoms with Gasteiger partial charge in [0.25, 0.3) is 0 Å². The largest absolute Gasteiger partial charge is 0.573 e. The highest BCUT2D eigenvalue weighted by molar-refractivity contribution is 5.67. The summed E-state index contributed by atoms with van der Waals surface area (Å²) in [4.78, 5) is 10.4. The predicted octanol–water partition coefficient (Wildman–Crippen LogP) is 2.83. The van der Waals surface area contributed by atoms with Crippen LogP contribution in [-0.4, -0.2) is 23.5 Å². The highest BCUT2D eigenvalue weighted by Gasteiger charge is 2.30. The lowest BCUT2D eigenvalue weighted by Crippen LogP contribution is -2.17. The van der Waals surface area contributed by atoms with Gasteiger partial charge in [-0.05, 0) is 31.2 Å². The van der Waals surface area contributed by atoms with E-state index in [1.807, 2.05) is 0 Å². The molecule has 0 saturated heterocycles. The number of carboxylic acids is 1. The molecule has 1 aromatic carbocycles. The Morgan fingerprint density at radius 2 is 1.78 bits per heavy atom. The van der Waals surface area contributed by atoms with Crippen LogP contribution >= 0.6 is 0 Å². The Labute approximate surface area is 101 Å². The second-order valence-electron chi connectivity index (χ2n) is 3.55. The molecule has 18 heavy (non-hydrogen) atoms. The van der Waals surface area contributed by atoms with Crippen molar-refractivity contribution in [2.45, 2.75) is 25.8 Å². The molecule has 1 rings (SSSR count). The number of carboxylic acid groups (broad SMARTS) is 1. The van der Waals surface area contributed by atoms with Crippen molar-refractivity contribution in [3.8, 4) is 11.5 Å². The molecule has 0 saturated carbocycles. The lowest BCUT2D eigenvalue weighted by molar-refractivity contribution is -0.274. The minimum Gasteiger partial charge on any atom is -0.490 e. The third-order valence-electron chi connectivity index (χ3n) is 1.86. The first-order valence-electron chi connectivity index (χ1n) is 5.00. The van der Waals surface area contributed by atoms with Gasteiger partial charge in [0, 0.05) is 0 Å². The molecule has 0 unspecified atom stereocenters. The Balaban J connectivity index is 2.57. The molecule has 0 heterocycles. The minimum absolute atomic E-state index is 0.194. The zero-order chi connectivity index (χ0) is 13.8. The maximum absolute atomic E-state index is 11.9. The van der Waals surface area contributed by atoms with E-state index in [0.717, 1.165) is 12.1 Å². The molecular formula is C11H11F3O4. The van der Waals surface area contributed by atoms with E-state index >= 15 is 0 Å². The molecule has 0 aliphatic heterocycles. The van der Waals surface area contributed by atoms with Crippen LogP contribution in [0.1, 0.15) is 13.3 Å². The molecule has 100 valence electrons. The van der Waals surface area contributed by atoms with Crippen molar-refractivity contribution in [1.29, 1.82) is 0 Å². The Kier molecular flexibility index (Phi) is 4.41. The molecule has 0 radical (unpaired) electrons. The van der Waals surface area contributed by atoms with Gasteiger partial charge >= 0.3 is 12.3 Å². The SMILES string of the molecule is C[C@H](CC(=O)O)Oc1ccc(OC(F)(F)F)cc1. The summed E-state index contributed by atoms with van der Waals surface area (Å²) in [5.41, 5.74) is 0. The quantitative estimate of drug-likeness (QED) is 0.888. The van der Waals surface area contributed by atoms with Gasteiger partial charge in [-0.1, -0.05) is 0 Å². The lowest BCUT2D eigenvalue weighted by atomic mass is 10.3. The van der Waals surface area contributed by atoms with Crippen molar-refractivity contribution in [2.24, 2.45) is 0 Å². The first-order chi connectivity index (χ1) is 8.26. The fourth-order valence-corrected chi connectivity index (χ4v) is 1.24. The van der Waals surface area contributed by atoms with E-state index in [-0.39, 0.29) is 17.9 Å². The summed E-state index contributed by atoms with van der Waals surface area (Å²) in [5.74, 6) is -1.10. The van der Waals surface area contributed by atoms with Crippen LogP contribution in [0.2, 0.25) is 0 Å². The molecule has 0 aliphatic rings. The van der Waals surface area contributed by atoms with Gasteiger partial charge in [-0.15, -0.1) is 13.2 Å². The van der Waals surface area contributed by atoms with Crippen molar-refractivity contribution < 1.29 is 32.5 Å². The molecular weight excluding hydrogens is 253 g/mol. The van der Waals surface area contributed by atoms with Crippen LogP contribution in [0.15, 0.2) is 24.3 Å². The van der Waals surface area contributed by atoms with Gasteiger partial charge in [0.2, 0.25) is 0 Å². The number of hydrogen-bond acceptors (Lipinski definition) is 3. The standard InChI is InChI=1S/C11H11F3O4/c1-7(6-10(15)16)17-8-2-4-9(5-3-8)18-11(12,13)14/h2-5,7H,6H2,1H3,(H,15,16)/t7-/m1/s1. The Morgan fingerprint density at radius 3 is 2.22 bits per heavy atom. The molecule has 0 fully saturated rings. The van der Waals surface area contributed by atoms with E-state index in [1.54, 1.807) is 6.92 Å². The van der Waals surface area contributed by atoms with Crippen molar-refractivity contribution >= 4 is 5.97 Å². The average molecular weight is 264 g/mol. The smallest absolute Gasteiger partial charge is 0.490 e. The second kappa shape index (κ2) is 5.61. The number of halogens is 3. The van der Waals surface area contributed by atoms with Crippen LogP contribution in [-0.2, 0) is 4.79 Å². The maximum atomic E-state index is 11.9.